The molecule has 6 nitrogen and oxygen atoms in total. The molecule has 0 amide bonds. The molecular weight excluding hydrogens is 311 g/mol. The summed E-state index contributed by atoms with van der Waals surface area (Å²) in [5.74, 6) is -0.313. The predicted octanol–water partition coefficient (Wildman–Crippen LogP) is 1.60. The monoisotopic (exact) mass is 328 g/mol. The van der Waals surface area contributed by atoms with Crippen molar-refractivity contribution in [1.29, 1.82) is 0 Å². The van der Waals surface area contributed by atoms with Crippen LogP contribution < -0.4 is 5.32 Å². The first-order valence-electron chi connectivity index (χ1n) is 6.43. The van der Waals surface area contributed by atoms with E-state index in [9.17, 15) is 12.8 Å². The second-order valence-electron chi connectivity index (χ2n) is 4.75. The first kappa shape index (κ1) is 16.6. The van der Waals surface area contributed by atoms with E-state index in [0.717, 1.165) is 12.3 Å². The quantitative estimate of drug-likeness (QED) is 0.908. The SMILES string of the molecule is COC1C=CN=C(Nc2ccc(S(C)(=O)=O)cc2F)C1OC. The average Bonchev–Trinajstić information content (AvgIpc) is 2.47. The van der Waals surface area contributed by atoms with Crippen LogP contribution in [0, 0.1) is 5.82 Å². The highest BCUT2D eigenvalue weighted by molar-refractivity contribution is 7.90. The number of methoxy groups -OCH3 is 2. The van der Waals surface area contributed by atoms with E-state index in [1.807, 2.05) is 0 Å². The van der Waals surface area contributed by atoms with E-state index in [0.29, 0.717) is 5.84 Å². The number of aliphatic imine (C=N–C) groups is 1. The maximum absolute atomic E-state index is 14.1. The number of halogens is 1. The summed E-state index contributed by atoms with van der Waals surface area (Å²) in [5, 5.41) is 2.82. The van der Waals surface area contributed by atoms with Crippen LogP contribution in [-0.2, 0) is 19.3 Å². The Morgan fingerprint density at radius 2 is 2.00 bits per heavy atom. The molecule has 2 unspecified atom stereocenters. The molecule has 1 aromatic rings. The molecule has 0 aliphatic carbocycles. The van der Waals surface area contributed by atoms with Crippen molar-refractivity contribution in [2.45, 2.75) is 17.1 Å². The van der Waals surface area contributed by atoms with Gasteiger partial charge >= 0.3 is 0 Å². The van der Waals surface area contributed by atoms with E-state index in [1.54, 1.807) is 6.08 Å². The van der Waals surface area contributed by atoms with Gasteiger partial charge in [-0.1, -0.05) is 0 Å². The molecule has 1 aromatic carbocycles. The number of benzene rings is 1. The number of sulfone groups is 1. The summed E-state index contributed by atoms with van der Waals surface area (Å²) >= 11 is 0. The molecule has 2 atom stereocenters. The summed E-state index contributed by atoms with van der Waals surface area (Å²) in [7, 11) is -0.428. The molecule has 22 heavy (non-hydrogen) atoms. The van der Waals surface area contributed by atoms with Crippen LogP contribution in [-0.4, -0.2) is 46.9 Å². The summed E-state index contributed by atoms with van der Waals surface area (Å²) in [5.41, 5.74) is 0.110. The largest absolute Gasteiger partial charge is 0.374 e. The molecule has 0 saturated heterocycles. The summed E-state index contributed by atoms with van der Waals surface area (Å²) < 4.78 is 47.5. The van der Waals surface area contributed by atoms with Crippen molar-refractivity contribution in [2.75, 3.05) is 25.8 Å². The third-order valence-corrected chi connectivity index (χ3v) is 4.33. The number of hydrogen-bond acceptors (Lipinski definition) is 6. The van der Waals surface area contributed by atoms with Crippen molar-refractivity contribution in [3.8, 4) is 0 Å². The Hall–Kier alpha value is -1.77. The van der Waals surface area contributed by atoms with Crippen molar-refractivity contribution in [3.63, 3.8) is 0 Å². The fraction of sp³-hybridized carbons (Fsp3) is 0.357. The van der Waals surface area contributed by atoms with Crippen LogP contribution in [0.2, 0.25) is 0 Å². The van der Waals surface area contributed by atoms with Crippen molar-refractivity contribution in [1.82, 2.24) is 0 Å². The fourth-order valence-corrected chi connectivity index (χ4v) is 2.69. The van der Waals surface area contributed by atoms with Gasteiger partial charge < -0.3 is 14.8 Å². The zero-order valence-electron chi connectivity index (χ0n) is 12.4. The van der Waals surface area contributed by atoms with Gasteiger partial charge in [0, 0.05) is 26.7 Å². The van der Waals surface area contributed by atoms with Crippen molar-refractivity contribution >= 4 is 21.4 Å². The number of ether oxygens (including phenoxy) is 2. The number of amidine groups is 1. The molecular formula is C14H17FN2O4S. The molecule has 0 saturated carbocycles. The fourth-order valence-electron chi connectivity index (χ4n) is 2.06. The Labute approximate surface area is 128 Å². The molecule has 8 heteroatoms. The zero-order valence-corrected chi connectivity index (χ0v) is 13.2. The lowest BCUT2D eigenvalue weighted by molar-refractivity contribution is 0.0240. The van der Waals surface area contributed by atoms with Crippen LogP contribution in [0.25, 0.3) is 0 Å². The smallest absolute Gasteiger partial charge is 0.175 e. The van der Waals surface area contributed by atoms with E-state index in [4.69, 9.17) is 9.47 Å². The highest BCUT2D eigenvalue weighted by Crippen LogP contribution is 2.21. The van der Waals surface area contributed by atoms with Crippen LogP contribution in [0.4, 0.5) is 10.1 Å². The molecule has 1 heterocycles. The van der Waals surface area contributed by atoms with Crippen molar-refractivity contribution in [2.24, 2.45) is 4.99 Å². The first-order chi connectivity index (χ1) is 10.4. The van der Waals surface area contributed by atoms with E-state index >= 15 is 0 Å². The Balaban J connectivity index is 2.27. The normalized spacial score (nSPS) is 21.5. The highest BCUT2D eigenvalue weighted by Gasteiger charge is 2.27. The third kappa shape index (κ3) is 3.52. The van der Waals surface area contributed by atoms with Crippen LogP contribution in [0.5, 0.6) is 0 Å². The van der Waals surface area contributed by atoms with Crippen LogP contribution in [0.15, 0.2) is 40.4 Å². The standard InChI is InChI=1S/C14H17FN2O4S/c1-20-12-6-7-16-14(13(12)21-2)17-11-5-4-9(8-10(11)15)22(3,18)19/h4-8,12-13H,1-3H3,(H,16,17). The van der Waals surface area contributed by atoms with Gasteiger partial charge in [-0.05, 0) is 24.3 Å². The number of nitrogens with zero attached hydrogens (tertiary/aromatic N) is 1. The van der Waals surface area contributed by atoms with Crippen LogP contribution in [0.3, 0.4) is 0 Å². The summed E-state index contributed by atoms with van der Waals surface area (Å²) in [4.78, 5) is 4.04. The van der Waals surface area contributed by atoms with E-state index < -0.39 is 21.8 Å². The molecule has 1 aliphatic rings. The van der Waals surface area contributed by atoms with Gasteiger partial charge in [-0.15, -0.1) is 0 Å². The lowest BCUT2D eigenvalue weighted by Crippen LogP contribution is -2.41. The Morgan fingerprint density at radius 1 is 1.27 bits per heavy atom. The molecule has 0 spiro atoms. The van der Waals surface area contributed by atoms with Gasteiger partial charge in [0.25, 0.3) is 0 Å². The summed E-state index contributed by atoms with van der Waals surface area (Å²) in [6, 6.07) is 3.64. The minimum absolute atomic E-state index is 0.0842. The molecule has 1 N–H and O–H groups in total. The molecule has 0 fully saturated rings. The zero-order chi connectivity index (χ0) is 16.3. The number of nitrogens with one attached hydrogen (secondary N) is 1. The van der Waals surface area contributed by atoms with Crippen LogP contribution in [0.1, 0.15) is 0 Å². The Bertz CT molecular complexity index is 716. The number of rotatable bonds is 4. The maximum atomic E-state index is 14.1. The molecule has 0 radical (unpaired) electrons. The van der Waals surface area contributed by atoms with E-state index in [-0.39, 0.29) is 16.7 Å². The lowest BCUT2D eigenvalue weighted by Gasteiger charge is -2.26. The molecule has 120 valence electrons. The first-order valence-corrected chi connectivity index (χ1v) is 8.32. The second kappa shape index (κ2) is 6.55. The predicted molar refractivity (Wildman–Crippen MR) is 81.3 cm³/mol. The summed E-state index contributed by atoms with van der Waals surface area (Å²) in [6.07, 6.45) is 3.43. The van der Waals surface area contributed by atoms with Crippen molar-refractivity contribution in [3.05, 3.63) is 36.3 Å². The summed E-state index contributed by atoms with van der Waals surface area (Å²) in [6.45, 7) is 0. The molecule has 2 rings (SSSR count). The second-order valence-corrected chi connectivity index (χ2v) is 6.77. The van der Waals surface area contributed by atoms with Gasteiger partial charge in [0.1, 0.15) is 23.9 Å². The van der Waals surface area contributed by atoms with Gasteiger partial charge in [0.15, 0.2) is 9.84 Å². The van der Waals surface area contributed by atoms with Crippen LogP contribution >= 0.6 is 0 Å². The highest BCUT2D eigenvalue weighted by atomic mass is 32.2. The van der Waals surface area contributed by atoms with Crippen molar-refractivity contribution < 1.29 is 22.3 Å². The van der Waals surface area contributed by atoms with Gasteiger partial charge in [0.05, 0.1) is 10.6 Å². The topological polar surface area (TPSA) is 77.0 Å². The molecule has 0 aromatic heterocycles. The number of hydrogen-bond donors (Lipinski definition) is 1. The Morgan fingerprint density at radius 3 is 2.55 bits per heavy atom. The molecule has 0 bridgehead atoms. The van der Waals surface area contributed by atoms with E-state index in [2.05, 4.69) is 10.3 Å². The Kier molecular flexibility index (Phi) is 4.94. The lowest BCUT2D eigenvalue weighted by atomic mass is 10.1. The molecule has 1 aliphatic heterocycles. The average molecular weight is 328 g/mol. The van der Waals surface area contributed by atoms with Gasteiger partial charge in [-0.2, -0.15) is 0 Å². The van der Waals surface area contributed by atoms with Gasteiger partial charge in [-0.25, -0.2) is 17.8 Å². The minimum atomic E-state index is -3.46. The van der Waals surface area contributed by atoms with Gasteiger partial charge in [-0.3, -0.25) is 0 Å². The van der Waals surface area contributed by atoms with Gasteiger partial charge in [0.2, 0.25) is 0 Å². The maximum Gasteiger partial charge on any atom is 0.175 e. The van der Waals surface area contributed by atoms with E-state index in [1.165, 1.54) is 32.6 Å². The minimum Gasteiger partial charge on any atom is -0.374 e. The number of anilines is 1. The third-order valence-electron chi connectivity index (χ3n) is 3.21.